The van der Waals surface area contributed by atoms with Crippen molar-refractivity contribution >= 4 is 5.91 Å². The number of hydrogen-bond donors (Lipinski definition) is 1. The first-order chi connectivity index (χ1) is 8.79. The summed E-state index contributed by atoms with van der Waals surface area (Å²) in [5.74, 6) is 0.313. The molecule has 2 aromatic rings. The highest BCUT2D eigenvalue weighted by Crippen LogP contribution is 2.06. The van der Waals surface area contributed by atoms with Crippen molar-refractivity contribution in [3.63, 3.8) is 0 Å². The summed E-state index contributed by atoms with van der Waals surface area (Å²) in [5, 5.41) is 2.79. The van der Waals surface area contributed by atoms with Crippen molar-refractivity contribution in [2.75, 3.05) is 7.11 Å². The van der Waals surface area contributed by atoms with Gasteiger partial charge in [0.1, 0.15) is 0 Å². The number of nitrogens with one attached hydrogen (secondary N) is 1. The molecule has 1 amide bonds. The molecule has 0 unspecified atom stereocenters. The molecule has 0 fully saturated rings. The van der Waals surface area contributed by atoms with Gasteiger partial charge in [0.15, 0.2) is 0 Å². The summed E-state index contributed by atoms with van der Waals surface area (Å²) >= 11 is 0. The van der Waals surface area contributed by atoms with E-state index in [-0.39, 0.29) is 5.91 Å². The van der Waals surface area contributed by atoms with Gasteiger partial charge in [-0.05, 0) is 17.7 Å². The van der Waals surface area contributed by atoms with Gasteiger partial charge < -0.3 is 10.1 Å². The molecule has 1 N–H and O–H groups in total. The summed E-state index contributed by atoms with van der Waals surface area (Å²) in [5.41, 5.74) is 1.45. The Balaban J connectivity index is 1.95. The highest BCUT2D eigenvalue weighted by atomic mass is 16.5. The van der Waals surface area contributed by atoms with Crippen LogP contribution >= 0.6 is 0 Å². The minimum absolute atomic E-state index is 0.172. The number of pyridine rings is 2. The number of aromatic nitrogens is 2. The van der Waals surface area contributed by atoms with Crippen LogP contribution in [0.4, 0.5) is 0 Å². The van der Waals surface area contributed by atoms with Crippen LogP contribution in [0.25, 0.3) is 0 Å². The quantitative estimate of drug-likeness (QED) is 0.882. The van der Waals surface area contributed by atoms with Crippen molar-refractivity contribution < 1.29 is 9.53 Å². The van der Waals surface area contributed by atoms with Gasteiger partial charge in [-0.2, -0.15) is 0 Å². The SMILES string of the molecule is COc1ccc(C(=O)NCc2cccnc2)cn1. The molecule has 0 atom stereocenters. The largest absolute Gasteiger partial charge is 0.481 e. The molecule has 0 saturated carbocycles. The Labute approximate surface area is 105 Å². The summed E-state index contributed by atoms with van der Waals surface area (Å²) in [6, 6.07) is 7.05. The Bertz CT molecular complexity index is 512. The molecule has 92 valence electrons. The lowest BCUT2D eigenvalue weighted by Crippen LogP contribution is -2.22. The van der Waals surface area contributed by atoms with E-state index in [1.54, 1.807) is 24.5 Å². The first-order valence-corrected chi connectivity index (χ1v) is 5.47. The smallest absolute Gasteiger partial charge is 0.253 e. The number of carbonyl (C=O) groups excluding carboxylic acids is 1. The highest BCUT2D eigenvalue weighted by molar-refractivity contribution is 5.93. The standard InChI is InChI=1S/C13H13N3O2/c1-18-12-5-4-11(9-15-12)13(17)16-8-10-3-2-6-14-7-10/h2-7,9H,8H2,1H3,(H,16,17). The van der Waals surface area contributed by atoms with Crippen LogP contribution in [0.2, 0.25) is 0 Å². The van der Waals surface area contributed by atoms with Gasteiger partial charge in [-0.3, -0.25) is 9.78 Å². The van der Waals surface area contributed by atoms with E-state index in [9.17, 15) is 4.79 Å². The fourth-order valence-corrected chi connectivity index (χ4v) is 1.42. The fraction of sp³-hybridized carbons (Fsp3) is 0.154. The molecule has 2 rings (SSSR count). The third-order valence-electron chi connectivity index (χ3n) is 2.38. The molecular formula is C13H13N3O2. The number of rotatable bonds is 4. The van der Waals surface area contributed by atoms with Gasteiger partial charge >= 0.3 is 0 Å². The second kappa shape index (κ2) is 5.77. The summed E-state index contributed by atoms with van der Waals surface area (Å²) in [6.45, 7) is 0.443. The zero-order valence-electron chi connectivity index (χ0n) is 9.96. The third kappa shape index (κ3) is 3.04. The summed E-state index contributed by atoms with van der Waals surface area (Å²) in [4.78, 5) is 19.8. The van der Waals surface area contributed by atoms with Crippen LogP contribution in [0, 0.1) is 0 Å². The Morgan fingerprint density at radius 2 is 2.22 bits per heavy atom. The van der Waals surface area contributed by atoms with Gasteiger partial charge in [-0.15, -0.1) is 0 Å². The molecule has 5 nitrogen and oxygen atoms in total. The third-order valence-corrected chi connectivity index (χ3v) is 2.38. The Kier molecular flexibility index (Phi) is 3.86. The Morgan fingerprint density at radius 3 is 2.83 bits per heavy atom. The van der Waals surface area contributed by atoms with Crippen molar-refractivity contribution in [3.05, 3.63) is 54.0 Å². The Hall–Kier alpha value is -2.43. The Morgan fingerprint density at radius 1 is 1.33 bits per heavy atom. The number of hydrogen-bond acceptors (Lipinski definition) is 4. The summed E-state index contributed by atoms with van der Waals surface area (Å²) < 4.78 is 4.93. The van der Waals surface area contributed by atoms with Gasteiger partial charge in [0.25, 0.3) is 5.91 Å². The molecule has 0 radical (unpaired) electrons. The predicted octanol–water partition coefficient (Wildman–Crippen LogP) is 1.42. The van der Waals surface area contributed by atoms with E-state index >= 15 is 0 Å². The van der Waals surface area contributed by atoms with Crippen molar-refractivity contribution in [1.82, 2.24) is 15.3 Å². The van der Waals surface area contributed by atoms with E-state index in [0.29, 0.717) is 18.0 Å². The first kappa shape index (κ1) is 12.0. The molecule has 2 aromatic heterocycles. The van der Waals surface area contributed by atoms with Crippen LogP contribution in [0.5, 0.6) is 5.88 Å². The average Bonchev–Trinajstić information content (AvgIpc) is 2.46. The van der Waals surface area contributed by atoms with Crippen molar-refractivity contribution in [3.8, 4) is 5.88 Å². The average molecular weight is 243 g/mol. The molecule has 0 aromatic carbocycles. The molecule has 0 aliphatic heterocycles. The lowest BCUT2D eigenvalue weighted by atomic mass is 10.2. The molecule has 5 heteroatoms. The molecule has 0 spiro atoms. The van der Waals surface area contributed by atoms with Gasteiger partial charge in [-0.25, -0.2) is 4.98 Å². The van der Waals surface area contributed by atoms with E-state index in [1.165, 1.54) is 13.3 Å². The van der Waals surface area contributed by atoms with E-state index in [2.05, 4.69) is 15.3 Å². The van der Waals surface area contributed by atoms with Gasteiger partial charge in [0, 0.05) is 31.2 Å². The number of amides is 1. The van der Waals surface area contributed by atoms with E-state index in [0.717, 1.165) is 5.56 Å². The minimum Gasteiger partial charge on any atom is -0.481 e. The first-order valence-electron chi connectivity index (χ1n) is 5.47. The zero-order valence-corrected chi connectivity index (χ0v) is 9.96. The molecule has 0 bridgehead atoms. The summed E-state index contributed by atoms with van der Waals surface area (Å²) in [7, 11) is 1.53. The maximum Gasteiger partial charge on any atom is 0.253 e. The number of nitrogens with zero attached hydrogens (tertiary/aromatic N) is 2. The topological polar surface area (TPSA) is 64.1 Å². The zero-order chi connectivity index (χ0) is 12.8. The van der Waals surface area contributed by atoms with Crippen LogP contribution in [0.3, 0.4) is 0 Å². The second-order valence-corrected chi connectivity index (χ2v) is 3.63. The van der Waals surface area contributed by atoms with Gasteiger partial charge in [0.05, 0.1) is 12.7 Å². The van der Waals surface area contributed by atoms with Gasteiger partial charge in [-0.1, -0.05) is 6.07 Å². The van der Waals surface area contributed by atoms with Crippen molar-refractivity contribution in [2.24, 2.45) is 0 Å². The lowest BCUT2D eigenvalue weighted by Gasteiger charge is -2.05. The molecular weight excluding hydrogens is 230 g/mol. The van der Waals surface area contributed by atoms with Crippen LogP contribution in [-0.2, 0) is 6.54 Å². The normalized spacial score (nSPS) is 9.83. The fourth-order valence-electron chi connectivity index (χ4n) is 1.42. The molecule has 18 heavy (non-hydrogen) atoms. The van der Waals surface area contributed by atoms with Crippen LogP contribution in [0.15, 0.2) is 42.9 Å². The number of methoxy groups -OCH3 is 1. The number of carbonyl (C=O) groups is 1. The van der Waals surface area contributed by atoms with Crippen LogP contribution in [0.1, 0.15) is 15.9 Å². The monoisotopic (exact) mass is 243 g/mol. The molecule has 0 aliphatic carbocycles. The lowest BCUT2D eigenvalue weighted by molar-refractivity contribution is 0.0950. The highest BCUT2D eigenvalue weighted by Gasteiger charge is 2.05. The van der Waals surface area contributed by atoms with Gasteiger partial charge in [0.2, 0.25) is 5.88 Å². The summed E-state index contributed by atoms with van der Waals surface area (Å²) in [6.07, 6.45) is 4.89. The number of ether oxygens (including phenoxy) is 1. The van der Waals surface area contributed by atoms with Crippen LogP contribution < -0.4 is 10.1 Å². The van der Waals surface area contributed by atoms with Crippen molar-refractivity contribution in [1.29, 1.82) is 0 Å². The van der Waals surface area contributed by atoms with E-state index in [1.807, 2.05) is 12.1 Å². The van der Waals surface area contributed by atoms with Crippen LogP contribution in [-0.4, -0.2) is 23.0 Å². The molecule has 0 aliphatic rings. The molecule has 0 saturated heterocycles. The predicted molar refractivity (Wildman–Crippen MR) is 66.2 cm³/mol. The maximum atomic E-state index is 11.8. The minimum atomic E-state index is -0.172. The molecule has 2 heterocycles. The van der Waals surface area contributed by atoms with E-state index in [4.69, 9.17) is 4.74 Å². The van der Waals surface area contributed by atoms with E-state index < -0.39 is 0 Å². The maximum absolute atomic E-state index is 11.8. The second-order valence-electron chi connectivity index (χ2n) is 3.63. The van der Waals surface area contributed by atoms with Crippen molar-refractivity contribution in [2.45, 2.75) is 6.54 Å².